The van der Waals surface area contributed by atoms with Crippen LogP contribution in [0.15, 0.2) is 48.5 Å². The first-order chi connectivity index (χ1) is 12.8. The van der Waals surface area contributed by atoms with Crippen molar-refractivity contribution in [3.05, 3.63) is 69.7 Å². The Morgan fingerprint density at radius 3 is 2.33 bits per heavy atom. The molecule has 0 aliphatic heterocycles. The third kappa shape index (κ3) is 6.13. The van der Waals surface area contributed by atoms with Crippen molar-refractivity contribution in [1.29, 1.82) is 0 Å². The highest BCUT2D eigenvalue weighted by Gasteiger charge is 2.16. The van der Waals surface area contributed by atoms with E-state index in [0.29, 0.717) is 26.9 Å². The maximum atomic E-state index is 12.1. The summed E-state index contributed by atoms with van der Waals surface area (Å²) >= 11 is 11.7. The van der Waals surface area contributed by atoms with Crippen LogP contribution in [-0.2, 0) is 14.3 Å². The number of hydrogen-bond donors (Lipinski definition) is 2. The number of nitrogens with one attached hydrogen (secondary N) is 1. The smallest absolute Gasteiger partial charge is 0.331 e. The molecule has 0 saturated heterocycles. The normalized spacial score (nSPS) is 11.8. The minimum Gasteiger partial charge on any atom is -0.449 e. The van der Waals surface area contributed by atoms with Crippen LogP contribution in [-0.4, -0.2) is 23.9 Å². The Hall–Kier alpha value is -2.83. The minimum absolute atomic E-state index is 0.319. The van der Waals surface area contributed by atoms with Gasteiger partial charge in [-0.1, -0.05) is 29.3 Å². The van der Waals surface area contributed by atoms with E-state index in [0.717, 1.165) is 0 Å². The molecule has 0 fully saturated rings. The molecule has 0 bridgehead atoms. The molecule has 6 nitrogen and oxygen atoms in total. The lowest BCUT2D eigenvalue weighted by atomic mass is 10.2. The lowest BCUT2D eigenvalue weighted by molar-refractivity contribution is -0.148. The Bertz CT molecular complexity index is 895. The summed E-state index contributed by atoms with van der Waals surface area (Å²) in [7, 11) is 0. The van der Waals surface area contributed by atoms with E-state index in [2.05, 4.69) is 5.32 Å². The number of halogens is 2. The number of anilines is 1. The standard InChI is InChI=1S/C19H16Cl2N2O4/c1-11(19(26)23-14-6-4-13(5-7-14)18(22)25)27-17(24)9-3-12-2-8-15(20)16(21)10-12/h2-11H,1H3,(H2,22,25)(H,23,26)/b9-3+/t11-/m0/s1. The van der Waals surface area contributed by atoms with Gasteiger partial charge in [0, 0.05) is 17.3 Å². The fourth-order valence-electron chi connectivity index (χ4n) is 2.01. The van der Waals surface area contributed by atoms with Crippen LogP contribution in [0, 0.1) is 0 Å². The van der Waals surface area contributed by atoms with Gasteiger partial charge in [-0.05, 0) is 55.0 Å². The lowest BCUT2D eigenvalue weighted by Gasteiger charge is -2.12. The molecule has 2 rings (SSSR count). The molecule has 27 heavy (non-hydrogen) atoms. The van der Waals surface area contributed by atoms with Gasteiger partial charge < -0.3 is 15.8 Å². The number of primary amides is 1. The van der Waals surface area contributed by atoms with Crippen LogP contribution in [0.1, 0.15) is 22.8 Å². The summed E-state index contributed by atoms with van der Waals surface area (Å²) < 4.78 is 5.05. The second-order valence-corrected chi connectivity index (χ2v) is 6.33. The monoisotopic (exact) mass is 406 g/mol. The van der Waals surface area contributed by atoms with Gasteiger partial charge in [-0.15, -0.1) is 0 Å². The van der Waals surface area contributed by atoms with Crippen LogP contribution in [0.3, 0.4) is 0 Å². The quantitative estimate of drug-likeness (QED) is 0.564. The molecule has 2 aromatic rings. The molecule has 0 spiro atoms. The van der Waals surface area contributed by atoms with Crippen molar-refractivity contribution in [1.82, 2.24) is 0 Å². The fraction of sp³-hybridized carbons (Fsp3) is 0.105. The van der Waals surface area contributed by atoms with Gasteiger partial charge in [0.15, 0.2) is 6.10 Å². The summed E-state index contributed by atoms with van der Waals surface area (Å²) in [6, 6.07) is 10.9. The van der Waals surface area contributed by atoms with Gasteiger partial charge >= 0.3 is 5.97 Å². The summed E-state index contributed by atoms with van der Waals surface area (Å²) in [5.74, 6) is -1.77. The number of benzene rings is 2. The van der Waals surface area contributed by atoms with Crippen molar-refractivity contribution < 1.29 is 19.1 Å². The van der Waals surface area contributed by atoms with Gasteiger partial charge in [0.05, 0.1) is 10.0 Å². The zero-order valence-corrected chi connectivity index (χ0v) is 15.8. The van der Waals surface area contributed by atoms with Crippen molar-refractivity contribution in [2.45, 2.75) is 13.0 Å². The molecule has 0 saturated carbocycles. The van der Waals surface area contributed by atoms with Gasteiger partial charge in [0.25, 0.3) is 5.91 Å². The second-order valence-electron chi connectivity index (χ2n) is 5.52. The molecule has 0 aromatic heterocycles. The summed E-state index contributed by atoms with van der Waals surface area (Å²) in [6.45, 7) is 1.44. The Morgan fingerprint density at radius 1 is 1.07 bits per heavy atom. The van der Waals surface area contributed by atoms with Crippen LogP contribution < -0.4 is 11.1 Å². The lowest BCUT2D eigenvalue weighted by Crippen LogP contribution is -2.29. The average molecular weight is 407 g/mol. The highest BCUT2D eigenvalue weighted by molar-refractivity contribution is 6.42. The van der Waals surface area contributed by atoms with Crippen LogP contribution >= 0.6 is 23.2 Å². The molecule has 2 amide bonds. The SMILES string of the molecule is C[C@H](OC(=O)/C=C/c1ccc(Cl)c(Cl)c1)C(=O)Nc1ccc(C(N)=O)cc1. The van der Waals surface area contributed by atoms with Crippen LogP contribution in [0.5, 0.6) is 0 Å². The number of esters is 1. The molecule has 0 unspecified atom stereocenters. The maximum absolute atomic E-state index is 12.1. The average Bonchev–Trinajstić information content (AvgIpc) is 2.63. The highest BCUT2D eigenvalue weighted by atomic mass is 35.5. The third-order valence-electron chi connectivity index (χ3n) is 3.45. The first-order valence-corrected chi connectivity index (χ1v) is 8.56. The maximum Gasteiger partial charge on any atom is 0.331 e. The first-order valence-electron chi connectivity index (χ1n) is 7.80. The number of nitrogens with two attached hydrogens (primary N) is 1. The molecule has 0 aliphatic carbocycles. The van der Waals surface area contributed by atoms with E-state index < -0.39 is 23.9 Å². The summed E-state index contributed by atoms with van der Waals surface area (Å²) in [5.41, 5.74) is 6.57. The summed E-state index contributed by atoms with van der Waals surface area (Å²) in [6.07, 6.45) is 1.66. The highest BCUT2D eigenvalue weighted by Crippen LogP contribution is 2.23. The number of hydrogen-bond acceptors (Lipinski definition) is 4. The van der Waals surface area contributed by atoms with Crippen molar-refractivity contribution in [3.8, 4) is 0 Å². The molecule has 0 heterocycles. The second kappa shape index (κ2) is 9.21. The van der Waals surface area contributed by atoms with Gasteiger partial charge in [-0.2, -0.15) is 0 Å². The molecule has 8 heteroatoms. The molecule has 140 valence electrons. The van der Waals surface area contributed by atoms with Gasteiger partial charge in [0.2, 0.25) is 5.91 Å². The first kappa shape index (κ1) is 20.5. The topological polar surface area (TPSA) is 98.5 Å². The fourth-order valence-corrected chi connectivity index (χ4v) is 2.32. The zero-order valence-electron chi connectivity index (χ0n) is 14.2. The largest absolute Gasteiger partial charge is 0.449 e. The van der Waals surface area contributed by atoms with E-state index in [1.165, 1.54) is 43.3 Å². The molecular formula is C19H16Cl2N2O4. The van der Waals surface area contributed by atoms with E-state index in [1.54, 1.807) is 18.2 Å². The van der Waals surface area contributed by atoms with E-state index in [9.17, 15) is 14.4 Å². The summed E-state index contributed by atoms with van der Waals surface area (Å²) in [4.78, 5) is 35.0. The molecule has 0 radical (unpaired) electrons. The van der Waals surface area contributed by atoms with Crippen molar-refractivity contribution in [2.24, 2.45) is 5.73 Å². The Balaban J connectivity index is 1.90. The van der Waals surface area contributed by atoms with Crippen LogP contribution in [0.4, 0.5) is 5.69 Å². The molecule has 2 aromatic carbocycles. The van der Waals surface area contributed by atoms with Gasteiger partial charge in [-0.3, -0.25) is 9.59 Å². The Morgan fingerprint density at radius 2 is 1.74 bits per heavy atom. The predicted molar refractivity (Wildman–Crippen MR) is 105 cm³/mol. The number of rotatable bonds is 6. The minimum atomic E-state index is -1.02. The van der Waals surface area contributed by atoms with Gasteiger partial charge in [-0.25, -0.2) is 4.79 Å². The van der Waals surface area contributed by atoms with Crippen molar-refractivity contribution >= 4 is 52.7 Å². The number of amides is 2. The Kier molecular flexibility index (Phi) is 6.98. The third-order valence-corrected chi connectivity index (χ3v) is 4.19. The van der Waals surface area contributed by atoms with E-state index in [4.69, 9.17) is 33.7 Å². The van der Waals surface area contributed by atoms with Gasteiger partial charge in [0.1, 0.15) is 0 Å². The predicted octanol–water partition coefficient (Wildman–Crippen LogP) is 3.68. The van der Waals surface area contributed by atoms with Crippen LogP contribution in [0.25, 0.3) is 6.08 Å². The van der Waals surface area contributed by atoms with E-state index >= 15 is 0 Å². The number of carbonyl (C=O) groups excluding carboxylic acids is 3. The zero-order chi connectivity index (χ0) is 20.0. The number of ether oxygens (including phenoxy) is 1. The van der Waals surface area contributed by atoms with E-state index in [1.807, 2.05) is 0 Å². The molecule has 0 aliphatic rings. The van der Waals surface area contributed by atoms with E-state index in [-0.39, 0.29) is 0 Å². The Labute approximate surface area is 165 Å². The van der Waals surface area contributed by atoms with Crippen molar-refractivity contribution in [3.63, 3.8) is 0 Å². The molecular weight excluding hydrogens is 391 g/mol. The number of carbonyl (C=O) groups is 3. The van der Waals surface area contributed by atoms with Crippen LogP contribution in [0.2, 0.25) is 10.0 Å². The molecule has 1 atom stereocenters. The van der Waals surface area contributed by atoms with Crippen molar-refractivity contribution in [2.75, 3.05) is 5.32 Å². The molecule has 3 N–H and O–H groups in total. The summed E-state index contributed by atoms with van der Waals surface area (Å²) in [5, 5.41) is 3.35.